The third kappa shape index (κ3) is 6.07. The van der Waals surface area contributed by atoms with Gasteiger partial charge >= 0.3 is 5.97 Å². The lowest BCUT2D eigenvalue weighted by molar-refractivity contribution is -0.159. The zero-order valence-electron chi connectivity index (χ0n) is 17.9. The summed E-state index contributed by atoms with van der Waals surface area (Å²) in [5.41, 5.74) is 1.21. The van der Waals surface area contributed by atoms with E-state index in [4.69, 9.17) is 21.1 Å². The topological polar surface area (TPSA) is 80.5 Å². The van der Waals surface area contributed by atoms with Crippen molar-refractivity contribution in [3.05, 3.63) is 59.1 Å². The Morgan fingerprint density at radius 1 is 1.20 bits per heavy atom. The molecular formula is C23H27ClN2O4. The second-order valence-electron chi connectivity index (χ2n) is 7.88. The van der Waals surface area contributed by atoms with Gasteiger partial charge in [-0.05, 0) is 30.5 Å². The molecule has 0 fully saturated rings. The lowest BCUT2D eigenvalue weighted by Gasteiger charge is -2.24. The van der Waals surface area contributed by atoms with Crippen LogP contribution in [0.3, 0.4) is 0 Å². The first-order valence-corrected chi connectivity index (χ1v) is 9.97. The van der Waals surface area contributed by atoms with Crippen molar-refractivity contribution in [2.75, 3.05) is 0 Å². The first-order valence-electron chi connectivity index (χ1n) is 9.59. The number of azo groups is 1. The molecule has 0 aromatic heterocycles. The van der Waals surface area contributed by atoms with Crippen LogP contribution in [-0.4, -0.2) is 17.4 Å². The van der Waals surface area contributed by atoms with Gasteiger partial charge in [-0.2, -0.15) is 0 Å². The van der Waals surface area contributed by atoms with E-state index in [0.717, 1.165) is 0 Å². The summed E-state index contributed by atoms with van der Waals surface area (Å²) < 4.78 is 11.2. The third-order valence-electron chi connectivity index (χ3n) is 4.18. The molecule has 6 nitrogen and oxygen atoms in total. The summed E-state index contributed by atoms with van der Waals surface area (Å²) in [6.45, 7) is 12.9. The van der Waals surface area contributed by atoms with Crippen LogP contribution in [0.25, 0.3) is 0 Å². The zero-order valence-corrected chi connectivity index (χ0v) is 18.7. The molecule has 2 rings (SSSR count). The van der Waals surface area contributed by atoms with Crippen molar-refractivity contribution < 1.29 is 19.4 Å². The van der Waals surface area contributed by atoms with Gasteiger partial charge < -0.3 is 14.6 Å². The molecule has 0 amide bonds. The van der Waals surface area contributed by atoms with Crippen LogP contribution in [0.2, 0.25) is 5.02 Å². The monoisotopic (exact) mass is 430 g/mol. The van der Waals surface area contributed by atoms with Crippen LogP contribution in [0.4, 0.5) is 11.4 Å². The molecule has 2 aromatic carbocycles. The minimum absolute atomic E-state index is 0.00219. The average Bonchev–Trinajstić information content (AvgIpc) is 2.67. The zero-order chi connectivity index (χ0) is 22.5. The SMILES string of the molecule is C=C(C)C(=O)OC(CC)Oc1cc(N=Nc2ccccc2Cl)c(O)c(C(C)(C)C)c1. The van der Waals surface area contributed by atoms with Crippen LogP contribution in [0.5, 0.6) is 11.5 Å². The molecule has 0 aliphatic heterocycles. The molecule has 0 saturated heterocycles. The molecule has 1 atom stereocenters. The molecule has 0 bridgehead atoms. The second-order valence-corrected chi connectivity index (χ2v) is 8.29. The average molecular weight is 431 g/mol. The van der Waals surface area contributed by atoms with E-state index in [1.54, 1.807) is 43.3 Å². The Morgan fingerprint density at radius 3 is 2.40 bits per heavy atom. The molecule has 1 N–H and O–H groups in total. The molecule has 0 spiro atoms. The van der Waals surface area contributed by atoms with Crippen LogP contribution in [0.1, 0.15) is 46.6 Å². The Morgan fingerprint density at radius 2 is 1.83 bits per heavy atom. The molecule has 0 aliphatic carbocycles. The van der Waals surface area contributed by atoms with Gasteiger partial charge in [0, 0.05) is 23.6 Å². The van der Waals surface area contributed by atoms with E-state index in [9.17, 15) is 9.90 Å². The van der Waals surface area contributed by atoms with Gasteiger partial charge in [0.15, 0.2) is 0 Å². The molecule has 2 aromatic rings. The normalized spacial score (nSPS) is 12.6. The number of carbonyl (C=O) groups excluding carboxylic acids is 1. The third-order valence-corrected chi connectivity index (χ3v) is 4.50. The molecule has 1 unspecified atom stereocenters. The summed E-state index contributed by atoms with van der Waals surface area (Å²) in [4.78, 5) is 11.9. The summed E-state index contributed by atoms with van der Waals surface area (Å²) in [6.07, 6.45) is -0.374. The van der Waals surface area contributed by atoms with Crippen molar-refractivity contribution in [3.8, 4) is 11.5 Å². The Hall–Kier alpha value is -2.86. The maximum atomic E-state index is 11.9. The molecular weight excluding hydrogens is 404 g/mol. The standard InChI is InChI=1S/C23H27ClN2O4/c1-7-20(30-22(28)14(2)3)29-15-12-16(23(4,5)6)21(27)19(13-15)26-25-18-11-9-8-10-17(18)24/h8-13,20,27H,2,7H2,1,3-6H3. The summed E-state index contributed by atoms with van der Waals surface area (Å²) >= 11 is 6.13. The van der Waals surface area contributed by atoms with E-state index in [1.807, 2.05) is 27.7 Å². The van der Waals surface area contributed by atoms with Crippen LogP contribution in [0, 0.1) is 0 Å². The smallest absolute Gasteiger partial charge is 0.336 e. The van der Waals surface area contributed by atoms with Gasteiger partial charge in [0.2, 0.25) is 6.29 Å². The number of halogens is 1. The van der Waals surface area contributed by atoms with Gasteiger partial charge in [-0.3, -0.25) is 0 Å². The van der Waals surface area contributed by atoms with Crippen molar-refractivity contribution in [1.82, 2.24) is 0 Å². The number of phenols is 1. The van der Waals surface area contributed by atoms with Gasteiger partial charge in [-0.15, -0.1) is 10.2 Å². The van der Waals surface area contributed by atoms with E-state index < -0.39 is 17.7 Å². The highest BCUT2D eigenvalue weighted by Crippen LogP contribution is 2.42. The fraction of sp³-hybridized carbons (Fsp3) is 0.348. The lowest BCUT2D eigenvalue weighted by atomic mass is 9.86. The molecule has 7 heteroatoms. The van der Waals surface area contributed by atoms with Crippen LogP contribution >= 0.6 is 11.6 Å². The van der Waals surface area contributed by atoms with Gasteiger partial charge in [0.25, 0.3) is 0 Å². The Bertz CT molecular complexity index is 964. The largest absolute Gasteiger partial charge is 0.505 e. The minimum atomic E-state index is -0.806. The fourth-order valence-electron chi connectivity index (χ4n) is 2.51. The van der Waals surface area contributed by atoms with Gasteiger partial charge in [0.05, 0.1) is 5.02 Å². The number of ether oxygens (including phenoxy) is 2. The first-order chi connectivity index (χ1) is 14.0. The number of hydrogen-bond donors (Lipinski definition) is 1. The summed E-state index contributed by atoms with van der Waals surface area (Å²) in [7, 11) is 0. The first kappa shape index (κ1) is 23.4. The van der Waals surface area contributed by atoms with Crippen molar-refractivity contribution in [3.63, 3.8) is 0 Å². The van der Waals surface area contributed by atoms with Crippen LogP contribution in [0.15, 0.2) is 58.8 Å². The van der Waals surface area contributed by atoms with Crippen molar-refractivity contribution in [1.29, 1.82) is 0 Å². The van der Waals surface area contributed by atoms with Gasteiger partial charge in [0.1, 0.15) is 22.9 Å². The van der Waals surface area contributed by atoms with Crippen molar-refractivity contribution in [2.45, 2.75) is 52.7 Å². The number of rotatable bonds is 7. The predicted octanol–water partition coefficient (Wildman–Crippen LogP) is 6.99. The molecule has 0 aliphatic rings. The lowest BCUT2D eigenvalue weighted by Crippen LogP contribution is -2.24. The fourth-order valence-corrected chi connectivity index (χ4v) is 2.69. The number of esters is 1. The van der Waals surface area contributed by atoms with Gasteiger partial charge in [-0.1, -0.05) is 58.0 Å². The second kappa shape index (κ2) is 9.76. The van der Waals surface area contributed by atoms with Crippen molar-refractivity contribution >= 4 is 28.9 Å². The quantitative estimate of drug-likeness (QED) is 0.222. The summed E-state index contributed by atoms with van der Waals surface area (Å²) in [5.74, 6) is -0.139. The highest BCUT2D eigenvalue weighted by Gasteiger charge is 2.24. The summed E-state index contributed by atoms with van der Waals surface area (Å²) in [5, 5.41) is 19.5. The van der Waals surface area contributed by atoms with Gasteiger partial charge in [-0.25, -0.2) is 4.79 Å². The number of aromatic hydroxyl groups is 1. The highest BCUT2D eigenvalue weighted by atomic mass is 35.5. The maximum absolute atomic E-state index is 11.9. The number of phenolic OH excluding ortho intramolecular Hbond substituents is 1. The Kier molecular flexibility index (Phi) is 7.62. The van der Waals surface area contributed by atoms with E-state index in [0.29, 0.717) is 28.4 Å². The van der Waals surface area contributed by atoms with Crippen LogP contribution in [-0.2, 0) is 14.9 Å². The predicted molar refractivity (Wildman–Crippen MR) is 118 cm³/mol. The van der Waals surface area contributed by atoms with E-state index >= 15 is 0 Å². The number of carbonyl (C=O) groups is 1. The van der Waals surface area contributed by atoms with Crippen LogP contribution < -0.4 is 4.74 Å². The van der Waals surface area contributed by atoms with E-state index in [2.05, 4.69) is 16.8 Å². The maximum Gasteiger partial charge on any atom is 0.336 e. The number of hydrogen-bond acceptors (Lipinski definition) is 6. The molecule has 160 valence electrons. The molecule has 0 heterocycles. The molecule has 0 saturated carbocycles. The summed E-state index contributed by atoms with van der Waals surface area (Å²) in [6, 6.07) is 10.3. The Balaban J connectivity index is 2.44. The Labute approximate surface area is 182 Å². The molecule has 0 radical (unpaired) electrons. The van der Waals surface area contributed by atoms with E-state index in [1.165, 1.54) is 0 Å². The van der Waals surface area contributed by atoms with E-state index in [-0.39, 0.29) is 17.0 Å². The molecule has 30 heavy (non-hydrogen) atoms. The number of nitrogens with zero attached hydrogens (tertiary/aromatic N) is 2. The minimum Gasteiger partial charge on any atom is -0.505 e. The number of benzene rings is 2. The highest BCUT2D eigenvalue weighted by molar-refractivity contribution is 6.32. The van der Waals surface area contributed by atoms with Crippen molar-refractivity contribution in [2.24, 2.45) is 10.2 Å².